The summed E-state index contributed by atoms with van der Waals surface area (Å²) in [6, 6.07) is 0. The Bertz CT molecular complexity index is 2050. The minimum Gasteiger partial charge on any atom is -0.465 e. The normalized spacial score (nSPS) is 11.8. The fourth-order valence-electron chi connectivity index (χ4n) is 19.7. The highest BCUT2D eigenvalue weighted by Gasteiger charge is 2.41. The molecule has 0 aliphatic rings. The second-order valence-electron chi connectivity index (χ2n) is 43.8. The average molecular weight is 1940 g/mol. The summed E-state index contributed by atoms with van der Waals surface area (Å²) in [7, 11) is 0. The van der Waals surface area contributed by atoms with E-state index in [-0.39, 0.29) is 127 Å². The van der Waals surface area contributed by atoms with E-state index in [2.05, 4.69) is 41.5 Å². The largest absolute Gasteiger partial charge is 0.465 e. The lowest BCUT2D eigenvalue weighted by Crippen LogP contribution is -2.47. The predicted molar refractivity (Wildman–Crippen MR) is 586 cm³/mol. The molecule has 13 heteroatoms. The molecule has 0 amide bonds. The zero-order valence-electron chi connectivity index (χ0n) is 93.1. The third-order valence-corrected chi connectivity index (χ3v) is 29.5. The van der Waals surface area contributed by atoms with Crippen molar-refractivity contribution < 1.29 is 61.9 Å². The highest BCUT2D eigenvalue weighted by Crippen LogP contribution is 2.31. The minimum atomic E-state index is -1.37. The van der Waals surface area contributed by atoms with Gasteiger partial charge in [-0.05, 0) is 38.5 Å². The van der Waals surface area contributed by atoms with Gasteiger partial charge in [-0.2, -0.15) is 0 Å². The first-order valence-corrected chi connectivity index (χ1v) is 62.0. The zero-order chi connectivity index (χ0) is 99.2. The van der Waals surface area contributed by atoms with Gasteiger partial charge >= 0.3 is 35.8 Å². The van der Waals surface area contributed by atoms with Crippen LogP contribution >= 0.6 is 0 Å². The van der Waals surface area contributed by atoms with Gasteiger partial charge in [0.1, 0.15) is 39.6 Å². The lowest BCUT2D eigenvalue weighted by Gasteiger charge is -2.35. The van der Waals surface area contributed by atoms with Crippen LogP contribution in [0, 0.1) is 10.8 Å². The molecule has 0 spiro atoms. The Kier molecular flexibility index (Phi) is 109. The van der Waals surface area contributed by atoms with E-state index in [9.17, 15) is 28.8 Å². The van der Waals surface area contributed by atoms with E-state index in [1.807, 2.05) is 0 Å². The van der Waals surface area contributed by atoms with E-state index in [1.54, 1.807) is 0 Å². The Balaban J connectivity index is 7.24. The predicted octanol–water partition coefficient (Wildman–Crippen LogP) is 40.1. The smallest absolute Gasteiger partial charge is 0.305 e. The van der Waals surface area contributed by atoms with Gasteiger partial charge < -0.3 is 33.2 Å². The van der Waals surface area contributed by atoms with Crippen molar-refractivity contribution in [1.29, 1.82) is 0 Å². The highest BCUT2D eigenvalue weighted by molar-refractivity contribution is 5.71. The maximum absolute atomic E-state index is 14.2. The first-order valence-electron chi connectivity index (χ1n) is 62.0. The van der Waals surface area contributed by atoms with Crippen molar-refractivity contribution in [2.75, 3.05) is 52.9 Å². The van der Waals surface area contributed by atoms with Crippen LogP contribution in [0.5, 0.6) is 0 Å². The van der Waals surface area contributed by atoms with E-state index in [1.165, 1.54) is 462 Å². The van der Waals surface area contributed by atoms with Gasteiger partial charge in [-0.15, -0.1) is 0 Å². The maximum Gasteiger partial charge on any atom is 0.305 e. The van der Waals surface area contributed by atoms with Gasteiger partial charge in [0.25, 0.3) is 0 Å². The van der Waals surface area contributed by atoms with E-state index >= 15 is 0 Å². The quantitative estimate of drug-likeness (QED) is 0.0321. The van der Waals surface area contributed by atoms with Gasteiger partial charge in [-0.3, -0.25) is 28.8 Å². The van der Waals surface area contributed by atoms with Gasteiger partial charge in [-0.1, -0.05) is 619 Å². The topological polar surface area (TPSA) is 167 Å². The molecule has 0 aromatic carbocycles. The van der Waals surface area contributed by atoms with Crippen molar-refractivity contribution in [2.45, 2.75) is 696 Å². The van der Waals surface area contributed by atoms with E-state index in [0.717, 1.165) is 116 Å². The van der Waals surface area contributed by atoms with E-state index in [4.69, 9.17) is 33.2 Å². The molecular formula is C124H238O13. The van der Waals surface area contributed by atoms with Crippen molar-refractivity contribution in [3.63, 3.8) is 0 Å². The standard InChI is InChI=1S/C124H238O13/c1-7-13-19-25-31-37-43-49-55-61-67-73-79-85-91-97-103-117(125)132-111-123(112-133-118(126)104-98-92-86-80-74-68-62-56-50-44-38-32-26-20-14-8-2,113-134-119(127)105-99-93-87-81-75-69-63-57-51-45-39-33-27-21-15-9-3)109-131-110-124(114-135-120(128)106-100-94-88-82-76-70-64-58-52-46-40-34-28-22-16-10-4,115-136-121(129)107-101-95-89-83-77-71-65-59-53-47-41-35-29-23-17-11-5)116-137-122(130)108-102-96-90-84-78-72-66-60-54-48-42-36-30-24-18-12-6/h7-116H2,1-6H3. The first-order chi connectivity index (χ1) is 67.4. The zero-order valence-corrected chi connectivity index (χ0v) is 93.1. The molecule has 0 saturated heterocycles. The summed E-state index contributed by atoms with van der Waals surface area (Å²) in [6.07, 6.45) is 119. The molecule has 0 aromatic rings. The third-order valence-electron chi connectivity index (χ3n) is 29.5. The molecule has 13 nitrogen and oxygen atoms in total. The summed E-state index contributed by atoms with van der Waals surface area (Å²) in [4.78, 5) is 85.3. The molecule has 0 rings (SSSR count). The van der Waals surface area contributed by atoms with Crippen LogP contribution in [0.1, 0.15) is 696 Å². The molecular weight excluding hydrogens is 1700 g/mol. The van der Waals surface area contributed by atoms with Crippen molar-refractivity contribution in [3.05, 3.63) is 0 Å². The second-order valence-corrected chi connectivity index (χ2v) is 43.8. The van der Waals surface area contributed by atoms with Crippen LogP contribution < -0.4 is 0 Å². The molecule has 0 heterocycles. The van der Waals surface area contributed by atoms with Crippen molar-refractivity contribution in [1.82, 2.24) is 0 Å². The Hall–Kier alpha value is -3.22. The number of hydrogen-bond acceptors (Lipinski definition) is 13. The van der Waals surface area contributed by atoms with E-state index in [0.29, 0.717) is 38.5 Å². The van der Waals surface area contributed by atoms with Crippen LogP contribution in [0.2, 0.25) is 0 Å². The van der Waals surface area contributed by atoms with Gasteiger partial charge in [-0.25, -0.2) is 0 Å². The number of carbonyl (C=O) groups is 6. The Morgan fingerprint density at radius 3 is 0.285 bits per heavy atom. The fourth-order valence-corrected chi connectivity index (χ4v) is 19.7. The summed E-state index contributed by atoms with van der Waals surface area (Å²) in [5.74, 6) is -2.27. The average Bonchev–Trinajstić information content (AvgIpc) is 0.835. The lowest BCUT2D eigenvalue weighted by molar-refractivity contribution is -0.175. The third kappa shape index (κ3) is 103. The summed E-state index contributed by atoms with van der Waals surface area (Å²) in [5.41, 5.74) is -2.75. The van der Waals surface area contributed by atoms with Crippen LogP contribution in [0.3, 0.4) is 0 Å². The summed E-state index contributed by atoms with van der Waals surface area (Å²) in [6.45, 7) is 11.7. The number of ether oxygens (including phenoxy) is 7. The van der Waals surface area contributed by atoms with Crippen molar-refractivity contribution in [3.8, 4) is 0 Å². The molecule has 0 saturated carbocycles. The molecule has 0 bridgehead atoms. The molecule has 812 valence electrons. The molecule has 0 unspecified atom stereocenters. The summed E-state index contributed by atoms with van der Waals surface area (Å²) >= 11 is 0. The Morgan fingerprint density at radius 1 is 0.117 bits per heavy atom. The summed E-state index contributed by atoms with van der Waals surface area (Å²) < 4.78 is 44.9. The summed E-state index contributed by atoms with van der Waals surface area (Å²) in [5, 5.41) is 0. The molecule has 0 atom stereocenters. The van der Waals surface area contributed by atoms with Crippen LogP contribution in [0.4, 0.5) is 0 Å². The van der Waals surface area contributed by atoms with Crippen LogP contribution in [-0.4, -0.2) is 88.7 Å². The Labute approximate surface area is 852 Å². The van der Waals surface area contributed by atoms with Crippen LogP contribution in [0.25, 0.3) is 0 Å². The van der Waals surface area contributed by atoms with Gasteiger partial charge in [0.05, 0.1) is 24.0 Å². The molecule has 0 fully saturated rings. The molecule has 0 aliphatic carbocycles. The van der Waals surface area contributed by atoms with Crippen molar-refractivity contribution in [2.24, 2.45) is 10.8 Å². The lowest BCUT2D eigenvalue weighted by atomic mass is 9.90. The number of hydrogen-bond donors (Lipinski definition) is 0. The number of unbranched alkanes of at least 4 members (excludes halogenated alkanes) is 90. The number of rotatable bonds is 118. The minimum absolute atomic E-state index is 0.215. The maximum atomic E-state index is 14.2. The second kappa shape index (κ2) is 112. The van der Waals surface area contributed by atoms with Crippen LogP contribution in [-0.2, 0) is 61.9 Å². The van der Waals surface area contributed by atoms with Gasteiger partial charge in [0.15, 0.2) is 0 Å². The first kappa shape index (κ1) is 134. The molecule has 137 heavy (non-hydrogen) atoms. The van der Waals surface area contributed by atoms with Crippen LogP contribution in [0.15, 0.2) is 0 Å². The highest BCUT2D eigenvalue weighted by atomic mass is 16.6. The number of esters is 6. The van der Waals surface area contributed by atoms with Gasteiger partial charge in [0.2, 0.25) is 0 Å². The molecule has 0 aromatic heterocycles. The van der Waals surface area contributed by atoms with E-state index < -0.39 is 10.8 Å². The monoisotopic (exact) mass is 1940 g/mol. The molecule has 0 radical (unpaired) electrons. The van der Waals surface area contributed by atoms with Crippen molar-refractivity contribution >= 4 is 35.8 Å². The Morgan fingerprint density at radius 2 is 0.197 bits per heavy atom. The molecule has 0 N–H and O–H groups in total. The molecule has 0 aliphatic heterocycles. The van der Waals surface area contributed by atoms with Gasteiger partial charge in [0, 0.05) is 38.5 Å². The SMILES string of the molecule is CCCCCCCCCCCCCCCCCCC(=O)OCC(COCC(COC(=O)CCCCCCCCCCCCCCCCCC)(COC(=O)CCCCCCCCCCCCCCCCCC)COC(=O)CCCCCCCCCCCCCCCCCC)(COC(=O)CCCCCCCCCCCCCCCCCC)COC(=O)CCCCCCCCCCCCCCCCCC. The fraction of sp³-hybridized carbons (Fsp3) is 0.952. The number of carbonyl (C=O) groups excluding carboxylic acids is 6.